The van der Waals surface area contributed by atoms with E-state index in [9.17, 15) is 27.9 Å². The largest absolute Gasteiger partial charge is 0.493 e. The fraction of sp³-hybridized carbons (Fsp3) is 0.538. The molecule has 1 heterocycles. The zero-order valence-electron chi connectivity index (χ0n) is 21.2. The van der Waals surface area contributed by atoms with Crippen LogP contribution >= 0.6 is 0 Å². The Morgan fingerprint density at radius 3 is 2.65 bits per heavy atom. The molecule has 1 unspecified atom stereocenters. The number of anilines is 2. The summed E-state index contributed by atoms with van der Waals surface area (Å²) in [5, 5.41) is 15.1. The van der Waals surface area contributed by atoms with Crippen LogP contribution < -0.4 is 15.4 Å². The molecule has 0 bridgehead atoms. The highest BCUT2D eigenvalue weighted by Gasteiger charge is 2.36. The van der Waals surface area contributed by atoms with Gasteiger partial charge in [0.1, 0.15) is 11.3 Å². The monoisotopic (exact) mass is 522 g/mol. The van der Waals surface area contributed by atoms with Crippen molar-refractivity contribution in [2.24, 2.45) is 11.8 Å². The van der Waals surface area contributed by atoms with Gasteiger partial charge in [0.15, 0.2) is 0 Å². The molecule has 2 aromatic rings. The maximum Gasteiger partial charge on any atom is 0.419 e. The van der Waals surface area contributed by atoms with Gasteiger partial charge < -0.3 is 20.5 Å². The van der Waals surface area contributed by atoms with Crippen LogP contribution in [-0.4, -0.2) is 39.6 Å². The number of carbonyl (C=O) groups is 2. The maximum atomic E-state index is 13.7. The molecule has 3 rings (SSSR count). The second kappa shape index (κ2) is 12.2. The molecular weight excluding hydrogens is 489 g/mol. The molecule has 1 aromatic heterocycles. The van der Waals surface area contributed by atoms with E-state index in [1.54, 1.807) is 6.92 Å². The summed E-state index contributed by atoms with van der Waals surface area (Å²) in [7, 11) is 0. The van der Waals surface area contributed by atoms with Crippen LogP contribution in [0.1, 0.15) is 74.5 Å². The van der Waals surface area contributed by atoms with Gasteiger partial charge in [0.05, 0.1) is 17.9 Å². The van der Waals surface area contributed by atoms with E-state index in [1.807, 2.05) is 13.8 Å². The summed E-state index contributed by atoms with van der Waals surface area (Å²) in [4.78, 5) is 31.9. The number of aromatic carboxylic acids is 1. The molecule has 3 N–H and O–H groups in total. The number of halogens is 3. The summed E-state index contributed by atoms with van der Waals surface area (Å²) in [5.41, 5.74) is -0.675. The first-order chi connectivity index (χ1) is 17.5. The van der Waals surface area contributed by atoms with Gasteiger partial charge in [-0.1, -0.05) is 6.42 Å². The van der Waals surface area contributed by atoms with Crippen molar-refractivity contribution in [1.29, 1.82) is 0 Å². The quantitative estimate of drug-likeness (QED) is 0.352. The number of ether oxygens (including phenoxy) is 1. The van der Waals surface area contributed by atoms with Crippen LogP contribution in [0, 0.1) is 11.8 Å². The number of nitrogens with zero attached hydrogens (tertiary/aromatic N) is 2. The van der Waals surface area contributed by atoms with Crippen molar-refractivity contribution in [2.75, 3.05) is 11.9 Å². The van der Waals surface area contributed by atoms with Crippen molar-refractivity contribution >= 4 is 23.5 Å². The molecule has 1 fully saturated rings. The summed E-state index contributed by atoms with van der Waals surface area (Å²) >= 11 is 0. The molecule has 8 nitrogen and oxygen atoms in total. The van der Waals surface area contributed by atoms with E-state index in [1.165, 1.54) is 18.2 Å². The standard InChI is InChI=1S/C26H33F3N4O4/c1-4-37-22-13-17(11-12-19(22)24(35)36)32-25-30-14-20(26(27,28)29)21(33-25)10-6-8-16-7-5-9-18(16)23(34)31-15(2)3/h11-16,18H,4-10H2,1-3H3,(H,31,34)(H,35,36)(H,30,32,33)/t16?,18-/m0/s1. The fourth-order valence-corrected chi connectivity index (χ4v) is 4.74. The van der Waals surface area contributed by atoms with Gasteiger partial charge in [-0.05, 0) is 70.9 Å². The SMILES string of the molecule is CCOc1cc(Nc2ncc(C(F)(F)F)c(CCCC3CCC[C@@H]3C(=O)NC(C)C)n2)ccc1C(=O)O. The number of hydrogen-bond donors (Lipinski definition) is 3. The minimum atomic E-state index is -4.60. The summed E-state index contributed by atoms with van der Waals surface area (Å²) < 4.78 is 46.3. The average Bonchev–Trinajstić information content (AvgIpc) is 3.27. The number of hydrogen-bond acceptors (Lipinski definition) is 6. The second-order valence-electron chi connectivity index (χ2n) is 9.48. The van der Waals surface area contributed by atoms with Crippen LogP contribution in [0.15, 0.2) is 24.4 Å². The summed E-state index contributed by atoms with van der Waals surface area (Å²) in [6.07, 6.45) is -0.0628. The Hall–Kier alpha value is -3.37. The number of alkyl halides is 3. The molecule has 0 radical (unpaired) electrons. The Kier molecular flexibility index (Phi) is 9.34. The van der Waals surface area contributed by atoms with Crippen molar-refractivity contribution in [3.05, 3.63) is 41.2 Å². The lowest BCUT2D eigenvalue weighted by molar-refractivity contribution is -0.138. The number of benzene rings is 1. The first kappa shape index (κ1) is 28.2. The topological polar surface area (TPSA) is 113 Å². The number of rotatable bonds is 11. The van der Waals surface area contributed by atoms with Gasteiger partial charge >= 0.3 is 12.1 Å². The number of carboxylic acids is 1. The Balaban J connectivity index is 1.75. The maximum absolute atomic E-state index is 13.7. The van der Waals surface area contributed by atoms with Gasteiger partial charge in [-0.2, -0.15) is 13.2 Å². The van der Waals surface area contributed by atoms with Crippen LogP contribution in [0.4, 0.5) is 24.8 Å². The van der Waals surface area contributed by atoms with Gasteiger partial charge in [-0.3, -0.25) is 4.79 Å². The molecule has 2 atom stereocenters. The Labute approximate surface area is 214 Å². The van der Waals surface area contributed by atoms with E-state index >= 15 is 0 Å². The first-order valence-corrected chi connectivity index (χ1v) is 12.5. The predicted molar refractivity (Wildman–Crippen MR) is 132 cm³/mol. The van der Waals surface area contributed by atoms with Crippen molar-refractivity contribution in [2.45, 2.75) is 71.5 Å². The lowest BCUT2D eigenvalue weighted by Crippen LogP contribution is -2.37. The van der Waals surface area contributed by atoms with E-state index < -0.39 is 17.7 Å². The highest BCUT2D eigenvalue weighted by molar-refractivity contribution is 5.91. The van der Waals surface area contributed by atoms with Crippen LogP contribution in [-0.2, 0) is 17.4 Å². The van der Waals surface area contributed by atoms with Crippen LogP contribution in [0.25, 0.3) is 0 Å². The number of carboxylic acid groups (broad SMARTS) is 1. The third kappa shape index (κ3) is 7.56. The predicted octanol–water partition coefficient (Wildman–Crippen LogP) is 5.60. The molecule has 0 saturated heterocycles. The van der Waals surface area contributed by atoms with Gasteiger partial charge in [0.2, 0.25) is 11.9 Å². The highest BCUT2D eigenvalue weighted by atomic mass is 19.4. The smallest absolute Gasteiger partial charge is 0.419 e. The zero-order chi connectivity index (χ0) is 27.2. The molecule has 1 aromatic carbocycles. The number of carbonyl (C=O) groups excluding carboxylic acids is 1. The zero-order valence-corrected chi connectivity index (χ0v) is 21.2. The number of aromatic nitrogens is 2. The van der Waals surface area contributed by atoms with E-state index in [0.717, 1.165) is 25.5 Å². The number of aryl methyl sites for hydroxylation is 1. The van der Waals surface area contributed by atoms with E-state index in [-0.39, 0.29) is 59.8 Å². The molecule has 202 valence electrons. The van der Waals surface area contributed by atoms with Crippen molar-refractivity contribution in [3.63, 3.8) is 0 Å². The van der Waals surface area contributed by atoms with Crippen LogP contribution in [0.2, 0.25) is 0 Å². The van der Waals surface area contributed by atoms with Crippen molar-refractivity contribution < 1.29 is 32.6 Å². The Bertz CT molecular complexity index is 1110. The molecule has 1 aliphatic rings. The highest BCUT2D eigenvalue weighted by Crippen LogP contribution is 2.37. The van der Waals surface area contributed by atoms with Crippen LogP contribution in [0.5, 0.6) is 5.75 Å². The molecule has 11 heteroatoms. The Morgan fingerprint density at radius 2 is 2.00 bits per heavy atom. The molecule has 0 spiro atoms. The minimum absolute atomic E-state index is 0.0161. The van der Waals surface area contributed by atoms with Gasteiger partial charge in [-0.25, -0.2) is 14.8 Å². The molecule has 1 saturated carbocycles. The first-order valence-electron chi connectivity index (χ1n) is 12.5. The second-order valence-corrected chi connectivity index (χ2v) is 9.48. The number of nitrogens with one attached hydrogen (secondary N) is 2. The molecular formula is C26H33F3N4O4. The lowest BCUT2D eigenvalue weighted by atomic mass is 9.89. The van der Waals surface area contributed by atoms with Crippen molar-refractivity contribution in [1.82, 2.24) is 15.3 Å². The summed E-state index contributed by atoms with van der Waals surface area (Å²) in [5.74, 6) is -1.03. The summed E-state index contributed by atoms with van der Waals surface area (Å²) in [6.45, 7) is 5.76. The molecule has 37 heavy (non-hydrogen) atoms. The van der Waals surface area contributed by atoms with Gasteiger partial charge in [-0.15, -0.1) is 0 Å². The average molecular weight is 523 g/mol. The van der Waals surface area contributed by atoms with Crippen molar-refractivity contribution in [3.8, 4) is 5.75 Å². The lowest BCUT2D eigenvalue weighted by Gasteiger charge is -2.21. The van der Waals surface area contributed by atoms with E-state index in [2.05, 4.69) is 20.6 Å². The third-order valence-electron chi connectivity index (χ3n) is 6.36. The van der Waals surface area contributed by atoms with E-state index in [0.29, 0.717) is 18.5 Å². The van der Waals surface area contributed by atoms with Crippen LogP contribution in [0.3, 0.4) is 0 Å². The normalized spacial score (nSPS) is 17.6. The van der Waals surface area contributed by atoms with E-state index in [4.69, 9.17) is 4.74 Å². The third-order valence-corrected chi connectivity index (χ3v) is 6.36. The van der Waals surface area contributed by atoms with Gasteiger partial charge in [0, 0.05) is 29.9 Å². The van der Waals surface area contributed by atoms with Gasteiger partial charge in [0.25, 0.3) is 0 Å². The minimum Gasteiger partial charge on any atom is -0.493 e. The Morgan fingerprint density at radius 1 is 1.24 bits per heavy atom. The fourth-order valence-electron chi connectivity index (χ4n) is 4.74. The number of amides is 1. The molecule has 0 aliphatic heterocycles. The molecule has 1 amide bonds. The summed E-state index contributed by atoms with van der Waals surface area (Å²) in [6, 6.07) is 4.29. The molecule has 1 aliphatic carbocycles.